The molecule has 2 unspecified atom stereocenters. The molecule has 36 heavy (non-hydrogen) atoms. The summed E-state index contributed by atoms with van der Waals surface area (Å²) in [6, 6.07) is 10.1. The van der Waals surface area contributed by atoms with Crippen molar-refractivity contribution in [1.82, 2.24) is 15.0 Å². The number of nitrogens with zero attached hydrogens (tertiary/aromatic N) is 3. The zero-order chi connectivity index (χ0) is 25.9. The van der Waals surface area contributed by atoms with E-state index >= 15 is 0 Å². The Hall–Kier alpha value is -3.70. The molecule has 2 aromatic rings. The fraction of sp³-hybridized carbons (Fsp3) is 0.320. The molecule has 3 heterocycles. The van der Waals surface area contributed by atoms with Crippen LogP contribution < -0.4 is 19.5 Å². The lowest BCUT2D eigenvalue weighted by Gasteiger charge is -2.35. The molecular weight excluding hydrogens is 482 g/mol. The minimum atomic E-state index is -4.12. The fourth-order valence-electron chi connectivity index (χ4n) is 3.85. The zero-order valence-corrected chi connectivity index (χ0v) is 21.6. The van der Waals surface area contributed by atoms with Crippen molar-refractivity contribution in [2.45, 2.75) is 31.5 Å². The van der Waals surface area contributed by atoms with Crippen LogP contribution in [0.15, 0.2) is 80.9 Å². The summed E-state index contributed by atoms with van der Waals surface area (Å²) in [5.41, 5.74) is 0.0895. The third kappa shape index (κ3) is 5.12. The van der Waals surface area contributed by atoms with Crippen LogP contribution in [0.1, 0.15) is 19.4 Å². The number of para-hydroxylation sites is 2. The van der Waals surface area contributed by atoms with Gasteiger partial charge in [0.15, 0.2) is 22.2 Å². The van der Waals surface area contributed by atoms with Crippen LogP contribution in [-0.4, -0.2) is 51.9 Å². The van der Waals surface area contributed by atoms with Crippen LogP contribution in [0.3, 0.4) is 0 Å². The van der Waals surface area contributed by atoms with Crippen molar-refractivity contribution >= 4 is 22.1 Å². The van der Waals surface area contributed by atoms with Gasteiger partial charge < -0.3 is 19.5 Å². The topological polar surface area (TPSA) is 124 Å². The molecule has 11 heteroatoms. The van der Waals surface area contributed by atoms with Crippen LogP contribution in [0.2, 0.25) is 0 Å². The Bertz CT molecular complexity index is 1370. The van der Waals surface area contributed by atoms with Gasteiger partial charge >= 0.3 is 0 Å². The Morgan fingerprint density at radius 3 is 2.50 bits per heavy atom. The zero-order valence-electron chi connectivity index (χ0n) is 20.8. The van der Waals surface area contributed by atoms with E-state index in [0.717, 1.165) is 11.1 Å². The molecule has 2 atom stereocenters. The molecule has 1 aromatic carbocycles. The summed E-state index contributed by atoms with van der Waals surface area (Å²) in [6.45, 7) is 6.03. The van der Waals surface area contributed by atoms with Crippen LogP contribution in [0, 0.1) is 12.8 Å². The number of ether oxygens (including phenoxy) is 3. The second-order valence-corrected chi connectivity index (χ2v) is 10.2. The van der Waals surface area contributed by atoms with E-state index in [1.54, 1.807) is 43.5 Å². The number of methoxy groups -OCH3 is 2. The molecule has 0 radical (unpaired) electrons. The van der Waals surface area contributed by atoms with E-state index in [4.69, 9.17) is 19.2 Å². The number of allylic oxidation sites excluding steroid dienone is 1. The number of aliphatic imine (C=N–C) groups is 2. The Balaban J connectivity index is 1.83. The van der Waals surface area contributed by atoms with Crippen LogP contribution in [-0.2, 0) is 14.8 Å². The number of aryl methyl sites for hydroxylation is 1. The number of amidine groups is 1. The van der Waals surface area contributed by atoms with Gasteiger partial charge in [-0.25, -0.2) is 18.4 Å². The molecule has 2 aliphatic heterocycles. The van der Waals surface area contributed by atoms with E-state index in [2.05, 4.69) is 20.0 Å². The van der Waals surface area contributed by atoms with Crippen LogP contribution >= 0.6 is 0 Å². The smallest absolute Gasteiger partial charge is 0.260 e. The summed E-state index contributed by atoms with van der Waals surface area (Å²) < 4.78 is 46.8. The molecule has 4 rings (SSSR count). The summed E-state index contributed by atoms with van der Waals surface area (Å²) in [5, 5.41) is 3.02. The minimum absolute atomic E-state index is 0.0515. The van der Waals surface area contributed by atoms with Gasteiger partial charge in [0.1, 0.15) is 5.84 Å². The van der Waals surface area contributed by atoms with Crippen molar-refractivity contribution in [2.75, 3.05) is 20.8 Å². The Labute approximate surface area is 210 Å². The van der Waals surface area contributed by atoms with Gasteiger partial charge in [-0.3, -0.25) is 4.99 Å². The maximum absolute atomic E-state index is 13.4. The standard InChI is InChI=1S/C25H29N5O5S/c1-16-10-11-21(27-14-16)36(31,32)30-25(3)22(35-20-9-7-6-8-19(20)33-4)24(34-5)28-23(29-25)18-12-13-26-15-17(18)2/h6-14,17,30H,15H2,1-5H3,(H,28,29). The van der Waals surface area contributed by atoms with Gasteiger partial charge in [0.2, 0.25) is 11.6 Å². The molecule has 2 aliphatic rings. The highest BCUT2D eigenvalue weighted by molar-refractivity contribution is 7.89. The average molecular weight is 512 g/mol. The lowest BCUT2D eigenvalue weighted by atomic mass is 9.96. The van der Waals surface area contributed by atoms with E-state index in [-0.39, 0.29) is 22.6 Å². The van der Waals surface area contributed by atoms with Crippen LogP contribution in [0.25, 0.3) is 0 Å². The van der Waals surface area contributed by atoms with Crippen molar-refractivity contribution in [1.29, 1.82) is 0 Å². The van der Waals surface area contributed by atoms with Crippen LogP contribution in [0.4, 0.5) is 0 Å². The molecule has 2 N–H and O–H groups in total. The molecule has 190 valence electrons. The number of hydrogen-bond acceptors (Lipinski definition) is 9. The first kappa shape index (κ1) is 25.4. The highest BCUT2D eigenvalue weighted by atomic mass is 32.2. The summed E-state index contributed by atoms with van der Waals surface area (Å²) in [4.78, 5) is 13.2. The molecule has 0 bridgehead atoms. The third-order valence-electron chi connectivity index (χ3n) is 5.74. The predicted molar refractivity (Wildman–Crippen MR) is 137 cm³/mol. The second kappa shape index (κ2) is 10.1. The number of hydrogen-bond donors (Lipinski definition) is 2. The number of dihydropyridines is 1. The molecule has 0 fully saturated rings. The van der Waals surface area contributed by atoms with Gasteiger partial charge in [0, 0.05) is 30.4 Å². The lowest BCUT2D eigenvalue weighted by Crippen LogP contribution is -2.53. The number of benzene rings is 1. The number of pyridine rings is 1. The normalized spacial score (nSPS) is 21.9. The van der Waals surface area contributed by atoms with Gasteiger partial charge in [0.25, 0.3) is 10.0 Å². The molecule has 0 amide bonds. The average Bonchev–Trinajstić information content (AvgIpc) is 2.85. The van der Waals surface area contributed by atoms with Gasteiger partial charge in [-0.2, -0.15) is 4.72 Å². The predicted octanol–water partition coefficient (Wildman–Crippen LogP) is 2.94. The monoisotopic (exact) mass is 511 g/mol. The SMILES string of the molecule is COC1=C(Oc2ccccc2OC)C(C)(NS(=O)(=O)c2ccc(C)cn2)N=C(C2=CC=NCC2C)N1. The fourth-order valence-corrected chi connectivity index (χ4v) is 5.06. The maximum atomic E-state index is 13.4. The largest absolute Gasteiger partial charge is 0.493 e. The van der Waals surface area contributed by atoms with Gasteiger partial charge in [0.05, 0.1) is 14.2 Å². The van der Waals surface area contributed by atoms with E-state index in [1.165, 1.54) is 26.5 Å². The molecule has 0 spiro atoms. The number of aromatic nitrogens is 1. The highest BCUT2D eigenvalue weighted by Gasteiger charge is 2.44. The van der Waals surface area contributed by atoms with Crippen molar-refractivity contribution in [2.24, 2.45) is 15.9 Å². The van der Waals surface area contributed by atoms with Crippen molar-refractivity contribution in [3.8, 4) is 11.5 Å². The van der Waals surface area contributed by atoms with Crippen molar-refractivity contribution < 1.29 is 22.6 Å². The molecular formula is C25H29N5O5S. The van der Waals surface area contributed by atoms with Gasteiger partial charge in [-0.1, -0.05) is 25.1 Å². The first-order valence-electron chi connectivity index (χ1n) is 11.3. The lowest BCUT2D eigenvalue weighted by molar-refractivity contribution is 0.204. The summed E-state index contributed by atoms with van der Waals surface area (Å²) in [5.74, 6) is 1.62. The molecule has 10 nitrogen and oxygen atoms in total. The first-order chi connectivity index (χ1) is 17.2. The molecule has 0 saturated carbocycles. The van der Waals surface area contributed by atoms with Gasteiger partial charge in [-0.05, 0) is 43.7 Å². The summed E-state index contributed by atoms with van der Waals surface area (Å²) >= 11 is 0. The molecule has 0 aliphatic carbocycles. The van der Waals surface area contributed by atoms with Gasteiger partial charge in [-0.15, -0.1) is 0 Å². The second-order valence-electron chi connectivity index (χ2n) is 8.59. The van der Waals surface area contributed by atoms with E-state index in [9.17, 15) is 8.42 Å². The Morgan fingerprint density at radius 2 is 1.86 bits per heavy atom. The summed E-state index contributed by atoms with van der Waals surface area (Å²) in [7, 11) is -1.13. The maximum Gasteiger partial charge on any atom is 0.260 e. The van der Waals surface area contributed by atoms with Crippen molar-refractivity contribution in [3.05, 3.63) is 71.4 Å². The van der Waals surface area contributed by atoms with E-state index < -0.39 is 15.7 Å². The first-order valence-corrected chi connectivity index (χ1v) is 12.8. The number of sulfonamides is 1. The summed E-state index contributed by atoms with van der Waals surface area (Å²) in [6.07, 6.45) is 5.04. The third-order valence-corrected chi connectivity index (χ3v) is 7.20. The van der Waals surface area contributed by atoms with E-state index in [1.807, 2.05) is 19.9 Å². The quantitative estimate of drug-likeness (QED) is 0.559. The Kier molecular flexibility index (Phi) is 7.14. The molecule has 0 saturated heterocycles. The highest BCUT2D eigenvalue weighted by Crippen LogP contribution is 2.35. The molecule has 1 aromatic heterocycles. The number of nitrogens with one attached hydrogen (secondary N) is 2. The van der Waals surface area contributed by atoms with Crippen molar-refractivity contribution in [3.63, 3.8) is 0 Å². The van der Waals surface area contributed by atoms with Crippen LogP contribution in [0.5, 0.6) is 11.5 Å². The minimum Gasteiger partial charge on any atom is -0.493 e. The Morgan fingerprint density at radius 1 is 1.11 bits per heavy atom. The van der Waals surface area contributed by atoms with E-state index in [0.29, 0.717) is 23.9 Å². The number of rotatable bonds is 8.